The Morgan fingerprint density at radius 2 is 1.44 bits per heavy atom. The van der Waals surface area contributed by atoms with Crippen molar-refractivity contribution in [2.24, 2.45) is 0 Å². The van der Waals surface area contributed by atoms with Crippen molar-refractivity contribution in [3.05, 3.63) is 59.9 Å². The fourth-order valence-corrected chi connectivity index (χ4v) is 1.33. The van der Waals surface area contributed by atoms with E-state index in [-0.39, 0.29) is 5.69 Å². The average molecular weight is 223 g/mol. The van der Waals surface area contributed by atoms with E-state index < -0.39 is 17.5 Å². The van der Waals surface area contributed by atoms with E-state index >= 15 is 0 Å². The molecule has 16 heavy (non-hydrogen) atoms. The first-order valence-corrected chi connectivity index (χ1v) is 4.63. The van der Waals surface area contributed by atoms with Crippen LogP contribution < -0.4 is 5.32 Å². The van der Waals surface area contributed by atoms with Gasteiger partial charge in [-0.3, -0.25) is 0 Å². The lowest BCUT2D eigenvalue weighted by molar-refractivity contribution is 0.590. The van der Waals surface area contributed by atoms with Crippen molar-refractivity contribution >= 4 is 11.4 Å². The van der Waals surface area contributed by atoms with Gasteiger partial charge in [-0.25, -0.2) is 13.2 Å². The minimum atomic E-state index is -0.718. The van der Waals surface area contributed by atoms with Gasteiger partial charge in [-0.2, -0.15) is 0 Å². The predicted molar refractivity (Wildman–Crippen MR) is 56.0 cm³/mol. The zero-order valence-electron chi connectivity index (χ0n) is 8.18. The molecule has 0 saturated carbocycles. The second-order valence-corrected chi connectivity index (χ2v) is 3.23. The summed E-state index contributed by atoms with van der Waals surface area (Å²) in [6.07, 6.45) is 0. The van der Waals surface area contributed by atoms with Gasteiger partial charge in [-0.15, -0.1) is 0 Å². The first-order valence-electron chi connectivity index (χ1n) is 4.63. The van der Waals surface area contributed by atoms with Crippen LogP contribution in [-0.4, -0.2) is 0 Å². The SMILES string of the molecule is Fc1cccc(Nc2c(F)cccc2F)c1. The molecule has 2 aromatic carbocycles. The van der Waals surface area contributed by atoms with Crippen LogP contribution in [0, 0.1) is 17.5 Å². The number of halogens is 3. The quantitative estimate of drug-likeness (QED) is 0.815. The zero-order chi connectivity index (χ0) is 11.5. The maximum Gasteiger partial charge on any atom is 0.149 e. The molecule has 0 heterocycles. The van der Waals surface area contributed by atoms with E-state index in [1.165, 1.54) is 24.3 Å². The average Bonchev–Trinajstić information content (AvgIpc) is 2.24. The molecule has 0 unspecified atom stereocenters. The van der Waals surface area contributed by atoms with Gasteiger partial charge in [0.15, 0.2) is 0 Å². The van der Waals surface area contributed by atoms with Crippen molar-refractivity contribution < 1.29 is 13.2 Å². The van der Waals surface area contributed by atoms with E-state index in [2.05, 4.69) is 5.32 Å². The monoisotopic (exact) mass is 223 g/mol. The first-order chi connectivity index (χ1) is 7.66. The molecule has 2 aromatic rings. The van der Waals surface area contributed by atoms with E-state index in [1.54, 1.807) is 0 Å². The lowest BCUT2D eigenvalue weighted by Gasteiger charge is -2.08. The molecule has 82 valence electrons. The van der Waals surface area contributed by atoms with Gasteiger partial charge in [0.1, 0.15) is 23.1 Å². The fraction of sp³-hybridized carbons (Fsp3) is 0. The summed E-state index contributed by atoms with van der Waals surface area (Å²) in [5.41, 5.74) is 0.0112. The molecule has 0 atom stereocenters. The summed E-state index contributed by atoms with van der Waals surface area (Å²) >= 11 is 0. The fourth-order valence-electron chi connectivity index (χ4n) is 1.33. The summed E-state index contributed by atoms with van der Waals surface area (Å²) in [5, 5.41) is 2.49. The smallest absolute Gasteiger partial charge is 0.149 e. The predicted octanol–water partition coefficient (Wildman–Crippen LogP) is 3.85. The summed E-state index contributed by atoms with van der Waals surface area (Å²) in [7, 11) is 0. The van der Waals surface area contributed by atoms with Crippen LogP contribution in [0.5, 0.6) is 0 Å². The van der Waals surface area contributed by atoms with E-state index in [9.17, 15) is 13.2 Å². The largest absolute Gasteiger partial charge is 0.351 e. The van der Waals surface area contributed by atoms with Gasteiger partial charge in [0.25, 0.3) is 0 Å². The van der Waals surface area contributed by atoms with Gasteiger partial charge in [0.2, 0.25) is 0 Å². The molecule has 0 radical (unpaired) electrons. The number of benzene rings is 2. The van der Waals surface area contributed by atoms with Crippen molar-refractivity contribution in [1.82, 2.24) is 0 Å². The van der Waals surface area contributed by atoms with Crippen molar-refractivity contribution in [3.8, 4) is 0 Å². The Kier molecular flexibility index (Phi) is 2.81. The molecule has 1 N–H and O–H groups in total. The number of hydrogen-bond donors (Lipinski definition) is 1. The number of hydrogen-bond acceptors (Lipinski definition) is 1. The molecule has 2 rings (SSSR count). The van der Waals surface area contributed by atoms with Gasteiger partial charge in [0.05, 0.1) is 0 Å². The van der Waals surface area contributed by atoms with Crippen LogP contribution in [0.2, 0.25) is 0 Å². The third kappa shape index (κ3) is 2.16. The normalized spacial score (nSPS) is 10.2. The topological polar surface area (TPSA) is 12.0 Å². The van der Waals surface area contributed by atoms with Crippen molar-refractivity contribution in [2.75, 3.05) is 5.32 Å². The van der Waals surface area contributed by atoms with Gasteiger partial charge >= 0.3 is 0 Å². The number of rotatable bonds is 2. The van der Waals surface area contributed by atoms with Crippen molar-refractivity contribution in [3.63, 3.8) is 0 Å². The van der Waals surface area contributed by atoms with Crippen LogP contribution >= 0.6 is 0 Å². The second kappa shape index (κ2) is 4.26. The molecule has 0 aliphatic heterocycles. The minimum Gasteiger partial charge on any atom is -0.351 e. The molecule has 0 fully saturated rings. The maximum absolute atomic E-state index is 13.2. The Labute approximate surface area is 90.5 Å². The molecule has 4 heteroatoms. The Morgan fingerprint density at radius 1 is 0.812 bits per heavy atom. The van der Waals surface area contributed by atoms with Crippen molar-refractivity contribution in [2.45, 2.75) is 0 Å². The van der Waals surface area contributed by atoms with Crippen LogP contribution in [0.1, 0.15) is 0 Å². The Hall–Kier alpha value is -1.97. The summed E-state index contributed by atoms with van der Waals surface area (Å²) in [6, 6.07) is 8.91. The Morgan fingerprint density at radius 3 is 2.06 bits per heavy atom. The lowest BCUT2D eigenvalue weighted by Crippen LogP contribution is -1.97. The molecule has 1 nitrogen and oxygen atoms in total. The maximum atomic E-state index is 13.2. The van der Waals surface area contributed by atoms with E-state index in [0.29, 0.717) is 5.69 Å². The summed E-state index contributed by atoms with van der Waals surface area (Å²) in [5.74, 6) is -1.91. The van der Waals surface area contributed by atoms with E-state index in [0.717, 1.165) is 18.2 Å². The van der Waals surface area contributed by atoms with Crippen LogP contribution in [0.15, 0.2) is 42.5 Å². The number of para-hydroxylation sites is 1. The van der Waals surface area contributed by atoms with Gasteiger partial charge in [-0.05, 0) is 30.3 Å². The molecule has 0 amide bonds. The Balaban J connectivity index is 2.34. The van der Waals surface area contributed by atoms with E-state index in [4.69, 9.17) is 0 Å². The number of nitrogens with one attached hydrogen (secondary N) is 1. The lowest BCUT2D eigenvalue weighted by atomic mass is 10.2. The Bertz CT molecular complexity index is 491. The zero-order valence-corrected chi connectivity index (χ0v) is 8.18. The minimum absolute atomic E-state index is 0.284. The number of anilines is 2. The summed E-state index contributed by atoms with van der Waals surface area (Å²) in [6.45, 7) is 0. The highest BCUT2D eigenvalue weighted by Crippen LogP contribution is 2.23. The first kappa shape index (κ1) is 10.5. The molecular formula is C12H8F3N. The molecule has 0 spiro atoms. The van der Waals surface area contributed by atoms with Crippen LogP contribution in [0.4, 0.5) is 24.5 Å². The summed E-state index contributed by atoms with van der Waals surface area (Å²) in [4.78, 5) is 0. The molecule has 0 saturated heterocycles. The van der Waals surface area contributed by atoms with Crippen LogP contribution in [-0.2, 0) is 0 Å². The van der Waals surface area contributed by atoms with Gasteiger partial charge in [0, 0.05) is 5.69 Å². The standard InChI is InChI=1S/C12H8F3N/c13-8-3-1-4-9(7-8)16-12-10(14)5-2-6-11(12)15/h1-7,16H. The van der Waals surface area contributed by atoms with Crippen LogP contribution in [0.3, 0.4) is 0 Å². The van der Waals surface area contributed by atoms with Gasteiger partial charge < -0.3 is 5.32 Å². The molecule has 0 bridgehead atoms. The highest BCUT2D eigenvalue weighted by Gasteiger charge is 2.08. The molecule has 0 aliphatic carbocycles. The third-order valence-corrected chi connectivity index (χ3v) is 2.06. The second-order valence-electron chi connectivity index (χ2n) is 3.23. The highest BCUT2D eigenvalue weighted by atomic mass is 19.1. The highest BCUT2D eigenvalue weighted by molar-refractivity contribution is 5.60. The molecule has 0 aromatic heterocycles. The molecular weight excluding hydrogens is 215 g/mol. The van der Waals surface area contributed by atoms with Gasteiger partial charge in [-0.1, -0.05) is 12.1 Å². The van der Waals surface area contributed by atoms with E-state index in [1.807, 2.05) is 0 Å². The molecule has 0 aliphatic rings. The third-order valence-electron chi connectivity index (χ3n) is 2.06. The summed E-state index contributed by atoms with van der Waals surface area (Å²) < 4.78 is 39.3. The van der Waals surface area contributed by atoms with Crippen molar-refractivity contribution in [1.29, 1.82) is 0 Å². The van der Waals surface area contributed by atoms with Crippen LogP contribution in [0.25, 0.3) is 0 Å².